The highest BCUT2D eigenvalue weighted by Gasteiger charge is 2.50. The predicted molar refractivity (Wildman–Crippen MR) is 103 cm³/mol. The first-order valence-corrected chi connectivity index (χ1v) is 8.95. The Labute approximate surface area is 169 Å². The number of benzene rings is 2. The predicted octanol–water partition coefficient (Wildman–Crippen LogP) is 2.01. The van der Waals surface area contributed by atoms with Crippen LogP contribution in [0.15, 0.2) is 53.7 Å². The van der Waals surface area contributed by atoms with Crippen LogP contribution in [0.1, 0.15) is 23.2 Å². The van der Waals surface area contributed by atoms with Crippen molar-refractivity contribution in [1.82, 2.24) is 15.0 Å². The van der Waals surface area contributed by atoms with E-state index in [1.807, 2.05) is 6.07 Å². The van der Waals surface area contributed by atoms with E-state index in [9.17, 15) is 14.7 Å². The van der Waals surface area contributed by atoms with Crippen molar-refractivity contribution in [3.63, 3.8) is 0 Å². The molecular weight excluding hydrogens is 390 g/mol. The molecule has 0 fully saturated rings. The molecule has 10 nitrogen and oxygen atoms in total. The zero-order valence-electron chi connectivity index (χ0n) is 15.6. The number of carbonyl (C=O) groups excluding carboxylic acids is 1. The molecule has 0 saturated carbocycles. The zero-order chi connectivity index (χ0) is 21.1. The Morgan fingerprint density at radius 3 is 2.80 bits per heavy atom. The Kier molecular flexibility index (Phi) is 4.85. The fourth-order valence-electron chi connectivity index (χ4n) is 3.30. The molecule has 0 spiro atoms. The number of hydrogen-bond acceptors (Lipinski definition) is 8. The first kappa shape index (κ1) is 19.1. The van der Waals surface area contributed by atoms with Gasteiger partial charge in [-0.05, 0) is 24.3 Å². The number of aliphatic carboxylic acids is 1. The van der Waals surface area contributed by atoms with Crippen LogP contribution in [0.5, 0.6) is 5.75 Å². The van der Waals surface area contributed by atoms with E-state index in [1.165, 1.54) is 0 Å². The van der Waals surface area contributed by atoms with Gasteiger partial charge in [0.2, 0.25) is 5.60 Å². The molecule has 0 saturated heterocycles. The average Bonchev–Trinajstić information content (AvgIpc) is 3.37. The molecule has 1 aromatic heterocycles. The summed E-state index contributed by atoms with van der Waals surface area (Å²) < 4.78 is 6.45. The molecule has 0 aliphatic carbocycles. The van der Waals surface area contributed by atoms with Crippen molar-refractivity contribution in [2.24, 2.45) is 5.16 Å². The van der Waals surface area contributed by atoms with E-state index in [1.54, 1.807) is 48.5 Å². The van der Waals surface area contributed by atoms with Crippen molar-refractivity contribution >= 4 is 28.6 Å². The van der Waals surface area contributed by atoms with Gasteiger partial charge in [-0.15, -0.1) is 5.10 Å². The number of aromatic nitrogens is 3. The second-order valence-electron chi connectivity index (χ2n) is 6.61. The van der Waals surface area contributed by atoms with E-state index >= 15 is 0 Å². The van der Waals surface area contributed by atoms with Crippen molar-refractivity contribution in [3.8, 4) is 11.8 Å². The van der Waals surface area contributed by atoms with Crippen molar-refractivity contribution in [2.75, 3.05) is 6.61 Å². The van der Waals surface area contributed by atoms with Gasteiger partial charge in [0.1, 0.15) is 17.3 Å². The largest absolute Gasteiger partial charge is 0.481 e. The Hall–Kier alpha value is -4.26. The molecule has 1 N–H and O–H groups in total. The molecule has 0 bridgehead atoms. The smallest absolute Gasteiger partial charge is 0.308 e. The van der Waals surface area contributed by atoms with Crippen LogP contribution in [0.4, 0.5) is 0 Å². The topological polar surface area (TPSA) is 140 Å². The van der Waals surface area contributed by atoms with Crippen LogP contribution in [0, 0.1) is 11.3 Å². The van der Waals surface area contributed by atoms with Gasteiger partial charge in [0, 0.05) is 12.0 Å². The molecule has 150 valence electrons. The molecule has 0 amide bonds. The molecule has 1 aliphatic rings. The Balaban J connectivity index is 1.70. The number of para-hydroxylation sites is 2. The molecule has 0 radical (unpaired) electrons. The molecule has 10 heteroatoms. The van der Waals surface area contributed by atoms with Crippen LogP contribution < -0.4 is 4.74 Å². The third-order valence-corrected chi connectivity index (χ3v) is 4.64. The fraction of sp³-hybridized carbons (Fsp3) is 0.200. The lowest BCUT2D eigenvalue weighted by molar-refractivity contribution is -0.142. The quantitative estimate of drug-likeness (QED) is 0.657. The van der Waals surface area contributed by atoms with Gasteiger partial charge < -0.3 is 14.7 Å². The number of nitriles is 1. The van der Waals surface area contributed by atoms with Gasteiger partial charge in [-0.25, -0.2) is 0 Å². The number of nitrogens with zero attached hydrogens (tertiary/aromatic N) is 5. The standard InChI is InChI=1S/C20H15N5O5/c21-9-10-29-17-8-4-1-5-13(17)15-11-20(30-23-15,12-18(26)27)19(28)25-16-7-3-2-6-14(16)22-24-25/h1-8H,10-12H2,(H,26,27). The van der Waals surface area contributed by atoms with Crippen molar-refractivity contribution in [3.05, 3.63) is 54.1 Å². The summed E-state index contributed by atoms with van der Waals surface area (Å²) in [5.74, 6) is -1.53. The number of carbonyl (C=O) groups is 2. The highest BCUT2D eigenvalue weighted by atomic mass is 16.7. The SMILES string of the molecule is N#CCOc1ccccc1C1=NOC(CC(=O)O)(C(=O)n2nnc3ccccc32)C1. The van der Waals surface area contributed by atoms with Crippen LogP contribution >= 0.6 is 0 Å². The van der Waals surface area contributed by atoms with Crippen molar-refractivity contribution in [2.45, 2.75) is 18.4 Å². The monoisotopic (exact) mass is 405 g/mol. The van der Waals surface area contributed by atoms with E-state index in [0.29, 0.717) is 28.1 Å². The van der Waals surface area contributed by atoms with Gasteiger partial charge in [-0.2, -0.15) is 9.94 Å². The van der Waals surface area contributed by atoms with Gasteiger partial charge in [0.15, 0.2) is 6.61 Å². The van der Waals surface area contributed by atoms with Crippen molar-refractivity contribution < 1.29 is 24.3 Å². The molecule has 1 aliphatic heterocycles. The van der Waals surface area contributed by atoms with Gasteiger partial charge in [0.05, 0.1) is 17.6 Å². The minimum atomic E-state index is -1.79. The van der Waals surface area contributed by atoms with Crippen LogP contribution in [-0.4, -0.2) is 49.9 Å². The van der Waals surface area contributed by atoms with Gasteiger partial charge in [-0.1, -0.05) is 34.6 Å². The molecule has 1 atom stereocenters. The molecule has 2 aromatic carbocycles. The molecule has 4 rings (SSSR count). The normalized spacial score (nSPS) is 17.8. The maximum absolute atomic E-state index is 13.3. The summed E-state index contributed by atoms with van der Waals surface area (Å²) in [5, 5.41) is 30.0. The zero-order valence-corrected chi connectivity index (χ0v) is 15.6. The number of fused-ring (bicyclic) bond motifs is 1. The number of carboxylic acid groups (broad SMARTS) is 1. The minimum absolute atomic E-state index is 0.112. The van der Waals surface area contributed by atoms with Gasteiger partial charge in [0.25, 0.3) is 5.91 Å². The summed E-state index contributed by atoms with van der Waals surface area (Å²) in [4.78, 5) is 30.4. The summed E-state index contributed by atoms with van der Waals surface area (Å²) in [6, 6.07) is 15.5. The number of rotatable bonds is 6. The maximum Gasteiger partial charge on any atom is 0.308 e. The summed E-state index contributed by atoms with van der Waals surface area (Å²) >= 11 is 0. The highest BCUT2D eigenvalue weighted by molar-refractivity contribution is 6.09. The molecule has 2 heterocycles. The van der Waals surface area contributed by atoms with Crippen molar-refractivity contribution in [1.29, 1.82) is 5.26 Å². The van der Waals surface area contributed by atoms with Crippen LogP contribution in [0.25, 0.3) is 11.0 Å². The molecule has 3 aromatic rings. The second kappa shape index (κ2) is 7.63. The minimum Gasteiger partial charge on any atom is -0.481 e. The Morgan fingerprint density at radius 1 is 1.23 bits per heavy atom. The first-order chi connectivity index (χ1) is 14.5. The van der Waals surface area contributed by atoms with Gasteiger partial charge >= 0.3 is 5.97 Å². The number of carboxylic acids is 1. The Morgan fingerprint density at radius 2 is 2.00 bits per heavy atom. The maximum atomic E-state index is 13.3. The average molecular weight is 405 g/mol. The number of hydrogen-bond donors (Lipinski definition) is 1. The van der Waals surface area contributed by atoms with E-state index in [-0.39, 0.29) is 13.0 Å². The van der Waals surface area contributed by atoms with Crippen LogP contribution in [0.3, 0.4) is 0 Å². The third kappa shape index (κ3) is 3.33. The first-order valence-electron chi connectivity index (χ1n) is 8.95. The van der Waals surface area contributed by atoms with E-state index in [0.717, 1.165) is 4.68 Å². The lowest BCUT2D eigenvalue weighted by Gasteiger charge is -2.22. The summed E-state index contributed by atoms with van der Waals surface area (Å²) in [5.41, 5.74) is -0.0217. The lowest BCUT2D eigenvalue weighted by atomic mass is 9.90. The number of ether oxygens (including phenoxy) is 1. The summed E-state index contributed by atoms with van der Waals surface area (Å²) in [6.07, 6.45) is -0.729. The second-order valence-corrected chi connectivity index (χ2v) is 6.61. The lowest BCUT2D eigenvalue weighted by Crippen LogP contribution is -2.45. The van der Waals surface area contributed by atoms with E-state index in [2.05, 4.69) is 15.5 Å². The van der Waals surface area contributed by atoms with Gasteiger partial charge in [-0.3, -0.25) is 9.59 Å². The summed E-state index contributed by atoms with van der Waals surface area (Å²) in [6.45, 7) is -0.171. The fourth-order valence-corrected chi connectivity index (χ4v) is 3.30. The van der Waals surface area contributed by atoms with Crippen LogP contribution in [-0.2, 0) is 9.63 Å². The summed E-state index contributed by atoms with van der Waals surface area (Å²) in [7, 11) is 0. The highest BCUT2D eigenvalue weighted by Crippen LogP contribution is 2.35. The molecular formula is C20H15N5O5. The molecule has 1 unspecified atom stereocenters. The Bertz CT molecular complexity index is 1210. The van der Waals surface area contributed by atoms with E-state index in [4.69, 9.17) is 14.8 Å². The van der Waals surface area contributed by atoms with E-state index < -0.39 is 23.9 Å². The van der Waals surface area contributed by atoms with Crippen LogP contribution in [0.2, 0.25) is 0 Å². The third-order valence-electron chi connectivity index (χ3n) is 4.64. The number of oxime groups is 1. The molecule has 30 heavy (non-hydrogen) atoms.